The first kappa shape index (κ1) is 40.2. The minimum absolute atomic E-state index is 0.335. The van der Waals surface area contributed by atoms with E-state index in [1.807, 2.05) is 0 Å². The second-order valence-electron chi connectivity index (χ2n) is 10.8. The fraction of sp³-hybridized carbons (Fsp3) is 0.759. The summed E-state index contributed by atoms with van der Waals surface area (Å²) in [6.07, 6.45) is -9.33. The third-order valence-electron chi connectivity index (χ3n) is 6.29. The van der Waals surface area contributed by atoms with E-state index in [4.69, 9.17) is 42.6 Å². The number of esters is 6. The highest BCUT2D eigenvalue weighted by atomic mass is 32.2. The molecule has 0 aliphatic carbocycles. The first-order valence-electron chi connectivity index (χ1n) is 14.6. The zero-order chi connectivity index (χ0) is 35.6. The van der Waals surface area contributed by atoms with E-state index in [1.54, 1.807) is 13.8 Å². The maximum atomic E-state index is 12.6. The number of thioether (sulfide) groups is 2. The standard InChI is InChI=1S/C29H42O16S2/c1-12(2)39-28-25(43-18(8)35)27(46-19(9)36)26(21(44-28)11-38-14(4)31)47-29-24(42-17(7)34)23(41-16(6)33)22(40-15(5)32)20(45-29)10-37-13(3)30/h12,20-29H,10-11H2,1-9H3/t20-,21-,22-,23+,24-,25-,26-,27-,28+,29+/m1/s1. The van der Waals surface area contributed by atoms with Gasteiger partial charge in [0.25, 0.3) is 0 Å². The first-order chi connectivity index (χ1) is 21.9. The van der Waals surface area contributed by atoms with Crippen molar-refractivity contribution in [2.75, 3.05) is 13.2 Å². The maximum absolute atomic E-state index is 12.6. The molecule has 2 rings (SSSR count). The topological polar surface area (TPSA) is 203 Å². The smallest absolute Gasteiger partial charge is 0.303 e. The Kier molecular flexibility index (Phi) is 15.9. The lowest BCUT2D eigenvalue weighted by atomic mass is 9.99. The zero-order valence-electron chi connectivity index (χ0n) is 27.6. The highest BCUT2D eigenvalue weighted by Gasteiger charge is 2.56. The van der Waals surface area contributed by atoms with Crippen LogP contribution in [0, 0.1) is 0 Å². The van der Waals surface area contributed by atoms with Gasteiger partial charge in [0.2, 0.25) is 0 Å². The molecule has 0 aromatic rings. The van der Waals surface area contributed by atoms with Crippen molar-refractivity contribution in [2.45, 2.75) is 127 Å². The van der Waals surface area contributed by atoms with Crippen molar-refractivity contribution in [3.8, 4) is 0 Å². The number of carbonyl (C=O) groups excluding carboxylic acids is 7. The van der Waals surface area contributed by atoms with Crippen LogP contribution in [0.5, 0.6) is 0 Å². The third-order valence-corrected chi connectivity index (χ3v) is 9.19. The van der Waals surface area contributed by atoms with Gasteiger partial charge in [-0.3, -0.25) is 33.6 Å². The number of rotatable bonds is 13. The summed E-state index contributed by atoms with van der Waals surface area (Å²) >= 11 is 1.75. The Morgan fingerprint density at radius 2 is 1.04 bits per heavy atom. The lowest BCUT2D eigenvalue weighted by Gasteiger charge is -2.49. The summed E-state index contributed by atoms with van der Waals surface area (Å²) in [5.41, 5.74) is -1.28. The Morgan fingerprint density at radius 1 is 0.574 bits per heavy atom. The predicted octanol–water partition coefficient (Wildman–Crippen LogP) is 1.46. The highest BCUT2D eigenvalue weighted by molar-refractivity contribution is 8.15. The molecule has 18 heteroatoms. The molecule has 2 heterocycles. The quantitative estimate of drug-likeness (QED) is 0.196. The van der Waals surface area contributed by atoms with E-state index in [9.17, 15) is 33.6 Å². The van der Waals surface area contributed by atoms with Gasteiger partial charge in [-0.25, -0.2) is 0 Å². The summed E-state index contributed by atoms with van der Waals surface area (Å²) in [7, 11) is 0. The van der Waals surface area contributed by atoms with Crippen LogP contribution in [-0.4, -0.2) is 119 Å². The molecule has 0 amide bonds. The SMILES string of the molecule is CC(=O)OC[C@H]1O[C@@H](S[C@H]2[C@H](SC(C)=O)[C@@H](OC(C)=O)[C@@H](OC(C)C)O[C@@H]2COC(C)=O)[C@H](OC(C)=O)[C@@H](OC(C)=O)[C@@H]1OC(C)=O. The summed E-state index contributed by atoms with van der Waals surface area (Å²) in [6.45, 7) is 10.8. The molecule has 0 radical (unpaired) electrons. The second kappa shape index (κ2) is 18.6. The maximum Gasteiger partial charge on any atom is 0.303 e. The molecule has 0 aromatic carbocycles. The molecule has 0 unspecified atom stereocenters. The Bertz CT molecular complexity index is 1160. The van der Waals surface area contributed by atoms with Gasteiger partial charge in [0, 0.05) is 48.5 Å². The van der Waals surface area contributed by atoms with Gasteiger partial charge < -0.3 is 42.6 Å². The molecule has 16 nitrogen and oxygen atoms in total. The van der Waals surface area contributed by atoms with Crippen molar-refractivity contribution in [2.24, 2.45) is 0 Å². The van der Waals surface area contributed by atoms with Gasteiger partial charge in [-0.05, 0) is 13.8 Å². The summed E-state index contributed by atoms with van der Waals surface area (Å²) < 4.78 is 51.0. The Morgan fingerprint density at radius 3 is 1.51 bits per heavy atom. The fourth-order valence-corrected chi connectivity index (χ4v) is 7.73. The lowest BCUT2D eigenvalue weighted by molar-refractivity contribution is -0.259. The van der Waals surface area contributed by atoms with E-state index in [0.29, 0.717) is 0 Å². The fourth-order valence-electron chi connectivity index (χ4n) is 4.85. The number of ether oxygens (including phenoxy) is 9. The van der Waals surface area contributed by atoms with Crippen LogP contribution in [0.4, 0.5) is 0 Å². The van der Waals surface area contributed by atoms with Crippen molar-refractivity contribution in [3.63, 3.8) is 0 Å². The molecular formula is C29H42O16S2. The Balaban J connectivity index is 2.72. The van der Waals surface area contributed by atoms with Crippen LogP contribution in [0.15, 0.2) is 0 Å². The molecule has 0 N–H and O–H groups in total. The molecule has 47 heavy (non-hydrogen) atoms. The van der Waals surface area contributed by atoms with Crippen LogP contribution < -0.4 is 0 Å². The predicted molar refractivity (Wildman–Crippen MR) is 162 cm³/mol. The minimum Gasteiger partial charge on any atom is -0.463 e. The summed E-state index contributed by atoms with van der Waals surface area (Å²) in [5.74, 6) is -4.44. The van der Waals surface area contributed by atoms with Crippen LogP contribution in [-0.2, 0) is 76.2 Å². The highest BCUT2D eigenvalue weighted by Crippen LogP contribution is 2.45. The monoisotopic (exact) mass is 710 g/mol. The Labute approximate surface area is 280 Å². The van der Waals surface area contributed by atoms with Crippen LogP contribution in [0.2, 0.25) is 0 Å². The molecule has 0 bridgehead atoms. The normalized spacial score (nSPS) is 30.4. The molecule has 266 valence electrons. The van der Waals surface area contributed by atoms with Crippen LogP contribution in [0.3, 0.4) is 0 Å². The Hall–Kier alpha value is -2.93. The van der Waals surface area contributed by atoms with E-state index < -0.39 is 107 Å². The van der Waals surface area contributed by atoms with Gasteiger partial charge in [0.15, 0.2) is 35.8 Å². The molecular weight excluding hydrogens is 668 g/mol. The lowest BCUT2D eigenvalue weighted by Crippen LogP contribution is -2.63. The van der Waals surface area contributed by atoms with Crippen LogP contribution >= 0.6 is 23.5 Å². The largest absolute Gasteiger partial charge is 0.463 e. The van der Waals surface area contributed by atoms with E-state index >= 15 is 0 Å². The van der Waals surface area contributed by atoms with Gasteiger partial charge in [0.1, 0.15) is 30.9 Å². The van der Waals surface area contributed by atoms with Crippen LogP contribution in [0.25, 0.3) is 0 Å². The van der Waals surface area contributed by atoms with Gasteiger partial charge in [-0.1, -0.05) is 11.8 Å². The molecule has 0 spiro atoms. The van der Waals surface area contributed by atoms with Gasteiger partial charge in [-0.15, -0.1) is 11.8 Å². The number of carbonyl (C=O) groups is 7. The third kappa shape index (κ3) is 12.9. The van der Waals surface area contributed by atoms with Crippen LogP contribution in [0.1, 0.15) is 62.3 Å². The molecule has 2 fully saturated rings. The first-order valence-corrected chi connectivity index (χ1v) is 16.5. The second-order valence-corrected chi connectivity index (χ2v) is 13.5. The van der Waals surface area contributed by atoms with E-state index in [0.717, 1.165) is 51.2 Å². The van der Waals surface area contributed by atoms with Crippen molar-refractivity contribution >= 4 is 64.5 Å². The average Bonchev–Trinajstić information content (AvgIpc) is 2.91. The molecule has 0 saturated carbocycles. The molecule has 10 atom stereocenters. The van der Waals surface area contributed by atoms with E-state index in [1.165, 1.54) is 20.8 Å². The molecule has 2 saturated heterocycles. The molecule has 2 aliphatic heterocycles. The molecule has 0 aromatic heterocycles. The minimum atomic E-state index is -1.45. The van der Waals surface area contributed by atoms with Crippen molar-refractivity contribution in [3.05, 3.63) is 0 Å². The average molecular weight is 711 g/mol. The van der Waals surface area contributed by atoms with E-state index in [-0.39, 0.29) is 11.7 Å². The summed E-state index contributed by atoms with van der Waals surface area (Å²) in [4.78, 5) is 85.2. The van der Waals surface area contributed by atoms with Crippen molar-refractivity contribution in [1.82, 2.24) is 0 Å². The zero-order valence-corrected chi connectivity index (χ0v) is 29.2. The van der Waals surface area contributed by atoms with Gasteiger partial charge in [0.05, 0.1) is 16.6 Å². The van der Waals surface area contributed by atoms with Gasteiger partial charge in [-0.2, -0.15) is 0 Å². The van der Waals surface area contributed by atoms with Gasteiger partial charge >= 0.3 is 35.8 Å². The summed E-state index contributed by atoms with van der Waals surface area (Å²) in [5, 5.41) is -2.22. The van der Waals surface area contributed by atoms with Crippen molar-refractivity contribution in [1.29, 1.82) is 0 Å². The van der Waals surface area contributed by atoms with Crippen molar-refractivity contribution < 1.29 is 76.2 Å². The summed E-state index contributed by atoms with van der Waals surface area (Å²) in [6, 6.07) is 0. The number of hydrogen-bond acceptors (Lipinski definition) is 18. The molecule has 2 aliphatic rings. The number of hydrogen-bond donors (Lipinski definition) is 0. The van der Waals surface area contributed by atoms with E-state index in [2.05, 4.69) is 0 Å².